The van der Waals surface area contributed by atoms with Gasteiger partial charge in [0.05, 0.1) is 5.69 Å². The van der Waals surface area contributed by atoms with Gasteiger partial charge >= 0.3 is 0 Å². The van der Waals surface area contributed by atoms with Gasteiger partial charge in [-0.25, -0.2) is 0 Å². The van der Waals surface area contributed by atoms with Crippen LogP contribution in [0.2, 0.25) is 0 Å². The summed E-state index contributed by atoms with van der Waals surface area (Å²) in [4.78, 5) is 0. The van der Waals surface area contributed by atoms with E-state index in [0.717, 1.165) is 5.69 Å². The standard InChI is InChI=1S/C12H16N2O/c1-2-4-10(3-1)15-12-8-7-11(13-14-12)9-5-6-9/h7-10H,1-6H2. The Morgan fingerprint density at radius 2 is 1.80 bits per heavy atom. The maximum atomic E-state index is 5.76. The van der Waals surface area contributed by atoms with E-state index in [4.69, 9.17) is 4.74 Å². The lowest BCUT2D eigenvalue weighted by Crippen LogP contribution is -2.12. The van der Waals surface area contributed by atoms with Crippen molar-refractivity contribution in [3.8, 4) is 5.88 Å². The van der Waals surface area contributed by atoms with Crippen LogP contribution in [0.25, 0.3) is 0 Å². The lowest BCUT2D eigenvalue weighted by Gasteiger charge is -2.11. The molecule has 2 saturated carbocycles. The van der Waals surface area contributed by atoms with Crippen molar-refractivity contribution in [1.82, 2.24) is 10.2 Å². The monoisotopic (exact) mass is 204 g/mol. The maximum Gasteiger partial charge on any atom is 0.233 e. The maximum absolute atomic E-state index is 5.76. The Bertz CT molecular complexity index is 326. The minimum absolute atomic E-state index is 0.381. The van der Waals surface area contributed by atoms with Crippen molar-refractivity contribution in [2.24, 2.45) is 0 Å². The van der Waals surface area contributed by atoms with Crippen LogP contribution in [0.3, 0.4) is 0 Å². The van der Waals surface area contributed by atoms with E-state index in [2.05, 4.69) is 16.3 Å². The van der Waals surface area contributed by atoms with Gasteiger partial charge in [0, 0.05) is 12.0 Å². The van der Waals surface area contributed by atoms with Gasteiger partial charge in [-0.05, 0) is 44.6 Å². The summed E-state index contributed by atoms with van der Waals surface area (Å²) in [7, 11) is 0. The summed E-state index contributed by atoms with van der Waals surface area (Å²) in [5.41, 5.74) is 1.13. The smallest absolute Gasteiger partial charge is 0.233 e. The lowest BCUT2D eigenvalue weighted by molar-refractivity contribution is 0.199. The molecule has 0 aromatic carbocycles. The second-order valence-corrected chi connectivity index (χ2v) is 4.60. The number of aromatic nitrogens is 2. The van der Waals surface area contributed by atoms with Crippen LogP contribution in [0, 0.1) is 0 Å². The second kappa shape index (κ2) is 3.80. The highest BCUT2D eigenvalue weighted by atomic mass is 16.5. The van der Waals surface area contributed by atoms with E-state index in [0.29, 0.717) is 17.9 Å². The largest absolute Gasteiger partial charge is 0.473 e. The minimum atomic E-state index is 0.381. The van der Waals surface area contributed by atoms with Crippen LogP contribution in [0.4, 0.5) is 0 Å². The fourth-order valence-corrected chi connectivity index (χ4v) is 2.17. The zero-order valence-electron chi connectivity index (χ0n) is 8.85. The van der Waals surface area contributed by atoms with E-state index in [9.17, 15) is 0 Å². The van der Waals surface area contributed by atoms with Gasteiger partial charge in [-0.2, -0.15) is 5.10 Å². The van der Waals surface area contributed by atoms with Crippen molar-refractivity contribution < 1.29 is 4.74 Å². The molecule has 1 aromatic heterocycles. The zero-order chi connectivity index (χ0) is 10.1. The molecule has 3 heteroatoms. The Balaban J connectivity index is 1.64. The molecule has 15 heavy (non-hydrogen) atoms. The summed E-state index contributed by atoms with van der Waals surface area (Å²) < 4.78 is 5.76. The molecule has 0 radical (unpaired) electrons. The zero-order valence-corrected chi connectivity index (χ0v) is 8.85. The Hall–Kier alpha value is -1.12. The molecule has 0 unspecified atom stereocenters. The summed E-state index contributed by atoms with van der Waals surface area (Å²) in [5, 5.41) is 8.34. The van der Waals surface area contributed by atoms with Crippen molar-refractivity contribution in [3.63, 3.8) is 0 Å². The third-order valence-corrected chi connectivity index (χ3v) is 3.25. The summed E-state index contributed by atoms with van der Waals surface area (Å²) in [6.07, 6.45) is 7.86. The Morgan fingerprint density at radius 3 is 2.40 bits per heavy atom. The Kier molecular flexibility index (Phi) is 2.31. The van der Waals surface area contributed by atoms with Gasteiger partial charge in [-0.1, -0.05) is 0 Å². The van der Waals surface area contributed by atoms with Gasteiger partial charge in [0.25, 0.3) is 0 Å². The Morgan fingerprint density at radius 1 is 1.00 bits per heavy atom. The van der Waals surface area contributed by atoms with Gasteiger partial charge in [0.2, 0.25) is 5.88 Å². The fraction of sp³-hybridized carbons (Fsp3) is 0.667. The van der Waals surface area contributed by atoms with Crippen LogP contribution in [0.15, 0.2) is 12.1 Å². The molecule has 2 aliphatic carbocycles. The molecular weight excluding hydrogens is 188 g/mol. The lowest BCUT2D eigenvalue weighted by atomic mass is 10.3. The first-order valence-corrected chi connectivity index (χ1v) is 5.92. The van der Waals surface area contributed by atoms with Gasteiger partial charge in [-0.15, -0.1) is 5.10 Å². The van der Waals surface area contributed by atoms with Crippen LogP contribution < -0.4 is 4.74 Å². The quantitative estimate of drug-likeness (QED) is 0.759. The summed E-state index contributed by atoms with van der Waals surface area (Å²) in [6.45, 7) is 0. The van der Waals surface area contributed by atoms with E-state index < -0.39 is 0 Å². The van der Waals surface area contributed by atoms with Crippen LogP contribution >= 0.6 is 0 Å². The first kappa shape index (κ1) is 9.13. The number of ether oxygens (including phenoxy) is 1. The fourth-order valence-electron chi connectivity index (χ4n) is 2.17. The highest BCUT2D eigenvalue weighted by Crippen LogP contribution is 2.38. The summed E-state index contributed by atoms with van der Waals surface area (Å²) in [5.74, 6) is 1.38. The highest BCUT2D eigenvalue weighted by Gasteiger charge is 2.25. The van der Waals surface area contributed by atoms with Crippen molar-refractivity contribution in [2.75, 3.05) is 0 Å². The van der Waals surface area contributed by atoms with E-state index in [-0.39, 0.29) is 0 Å². The molecule has 0 amide bonds. The van der Waals surface area contributed by atoms with Gasteiger partial charge in [-0.3, -0.25) is 0 Å². The molecule has 0 N–H and O–H groups in total. The molecule has 1 heterocycles. The average molecular weight is 204 g/mol. The topological polar surface area (TPSA) is 35.0 Å². The number of hydrogen-bond acceptors (Lipinski definition) is 3. The predicted molar refractivity (Wildman–Crippen MR) is 56.9 cm³/mol. The molecule has 2 fully saturated rings. The third-order valence-electron chi connectivity index (χ3n) is 3.25. The summed E-state index contributed by atoms with van der Waals surface area (Å²) in [6, 6.07) is 4.04. The van der Waals surface area contributed by atoms with Crippen LogP contribution in [0.5, 0.6) is 5.88 Å². The van der Waals surface area contributed by atoms with Gasteiger partial charge < -0.3 is 4.74 Å². The highest BCUT2D eigenvalue weighted by molar-refractivity contribution is 5.18. The van der Waals surface area contributed by atoms with Gasteiger partial charge in [0.15, 0.2) is 0 Å². The van der Waals surface area contributed by atoms with E-state index in [1.165, 1.54) is 38.5 Å². The number of rotatable bonds is 3. The first-order valence-electron chi connectivity index (χ1n) is 5.92. The molecule has 0 saturated heterocycles. The van der Waals surface area contributed by atoms with E-state index >= 15 is 0 Å². The Labute approximate surface area is 89.9 Å². The molecule has 3 nitrogen and oxygen atoms in total. The molecule has 2 aliphatic rings. The number of hydrogen-bond donors (Lipinski definition) is 0. The van der Waals surface area contributed by atoms with E-state index in [1.807, 2.05) is 6.07 Å². The van der Waals surface area contributed by atoms with Crippen LogP contribution in [0.1, 0.15) is 50.1 Å². The van der Waals surface area contributed by atoms with Crippen LogP contribution in [-0.4, -0.2) is 16.3 Å². The normalized spacial score (nSPS) is 21.9. The SMILES string of the molecule is c1cc(C2CC2)nnc1OC1CCCC1. The van der Waals surface area contributed by atoms with Crippen LogP contribution in [-0.2, 0) is 0 Å². The van der Waals surface area contributed by atoms with Crippen molar-refractivity contribution in [3.05, 3.63) is 17.8 Å². The average Bonchev–Trinajstić information content (AvgIpc) is 2.99. The number of nitrogens with zero attached hydrogens (tertiary/aromatic N) is 2. The molecule has 80 valence electrons. The molecule has 0 spiro atoms. The summed E-state index contributed by atoms with van der Waals surface area (Å²) >= 11 is 0. The molecule has 0 atom stereocenters. The van der Waals surface area contributed by atoms with Crippen molar-refractivity contribution >= 4 is 0 Å². The molecule has 1 aromatic rings. The van der Waals surface area contributed by atoms with Crippen molar-refractivity contribution in [2.45, 2.75) is 50.5 Å². The minimum Gasteiger partial charge on any atom is -0.473 e. The second-order valence-electron chi connectivity index (χ2n) is 4.60. The molecule has 3 rings (SSSR count). The molecular formula is C12H16N2O. The van der Waals surface area contributed by atoms with E-state index in [1.54, 1.807) is 0 Å². The molecule has 0 bridgehead atoms. The molecule has 0 aliphatic heterocycles. The predicted octanol–water partition coefficient (Wildman–Crippen LogP) is 2.68. The van der Waals surface area contributed by atoms with Crippen molar-refractivity contribution in [1.29, 1.82) is 0 Å². The third kappa shape index (κ3) is 2.11. The van der Waals surface area contributed by atoms with Gasteiger partial charge in [0.1, 0.15) is 6.10 Å². The first-order chi connectivity index (χ1) is 7.42.